The molecule has 0 amide bonds. The molecule has 0 fully saturated rings. The molecule has 0 radical (unpaired) electrons. The third-order valence-electron chi connectivity index (χ3n) is 2.69. The number of benzene rings is 1. The van der Waals surface area contributed by atoms with Crippen LogP contribution in [0.5, 0.6) is 0 Å². The second-order valence-corrected chi connectivity index (χ2v) is 4.11. The van der Waals surface area contributed by atoms with Gasteiger partial charge >= 0.3 is 5.97 Å². The van der Waals surface area contributed by atoms with E-state index in [1.54, 1.807) is 32.2 Å². The number of nitrogens with two attached hydrogens (primary N) is 1. The van der Waals surface area contributed by atoms with E-state index in [-0.39, 0.29) is 12.6 Å². The summed E-state index contributed by atoms with van der Waals surface area (Å²) in [6, 6.07) is 5.19. The van der Waals surface area contributed by atoms with Gasteiger partial charge in [-0.2, -0.15) is 0 Å². The molecule has 19 heavy (non-hydrogen) atoms. The molecule has 0 atom stereocenters. The summed E-state index contributed by atoms with van der Waals surface area (Å²) in [5.74, 6) is -0.370. The lowest BCUT2D eigenvalue weighted by molar-refractivity contribution is 0.0287. The molecule has 0 unspecified atom stereocenters. The second-order valence-electron chi connectivity index (χ2n) is 4.11. The number of hydrogen-bond acceptors (Lipinski definition) is 5. The molecule has 0 heterocycles. The zero-order valence-corrected chi connectivity index (χ0v) is 11.5. The number of methoxy groups -OCH3 is 1. The Bertz CT molecular complexity index is 406. The summed E-state index contributed by atoms with van der Waals surface area (Å²) < 4.78 is 15.3. The zero-order chi connectivity index (χ0) is 14.1. The number of esters is 1. The molecule has 0 saturated carbocycles. The Labute approximate surface area is 113 Å². The molecule has 0 bridgehead atoms. The van der Waals surface area contributed by atoms with E-state index in [2.05, 4.69) is 0 Å². The van der Waals surface area contributed by atoms with Crippen LogP contribution in [0.3, 0.4) is 0 Å². The van der Waals surface area contributed by atoms with Crippen LogP contribution in [0.25, 0.3) is 0 Å². The molecule has 0 aromatic heterocycles. The Morgan fingerprint density at radius 3 is 2.74 bits per heavy atom. The van der Waals surface area contributed by atoms with Crippen LogP contribution in [0.1, 0.15) is 22.3 Å². The Morgan fingerprint density at radius 1 is 1.21 bits per heavy atom. The summed E-state index contributed by atoms with van der Waals surface area (Å²) in [6.45, 7) is 3.69. The third kappa shape index (κ3) is 5.28. The maximum atomic E-state index is 11.8. The normalized spacial score (nSPS) is 10.4. The van der Waals surface area contributed by atoms with E-state index in [0.29, 0.717) is 31.1 Å². The van der Waals surface area contributed by atoms with Gasteiger partial charge in [0.2, 0.25) is 0 Å². The number of hydrogen-bond donors (Lipinski definition) is 1. The number of anilines is 1. The van der Waals surface area contributed by atoms with Crippen LogP contribution in [-0.4, -0.2) is 39.5 Å². The van der Waals surface area contributed by atoms with Crippen molar-refractivity contribution in [3.8, 4) is 0 Å². The number of nitrogen functional groups attached to an aromatic ring is 1. The van der Waals surface area contributed by atoms with E-state index in [4.69, 9.17) is 19.9 Å². The minimum Gasteiger partial charge on any atom is -0.460 e. The van der Waals surface area contributed by atoms with Gasteiger partial charge in [-0.05, 0) is 31.0 Å². The first-order chi connectivity index (χ1) is 9.16. The van der Waals surface area contributed by atoms with Crippen molar-refractivity contribution in [1.29, 1.82) is 0 Å². The maximum absolute atomic E-state index is 11.8. The van der Waals surface area contributed by atoms with Crippen molar-refractivity contribution in [2.45, 2.75) is 13.3 Å². The second kappa shape index (κ2) is 8.50. The number of carbonyl (C=O) groups is 1. The number of rotatable bonds is 8. The van der Waals surface area contributed by atoms with Gasteiger partial charge in [0.25, 0.3) is 0 Å². The fraction of sp³-hybridized carbons (Fsp3) is 0.500. The molecule has 5 nitrogen and oxygen atoms in total. The van der Waals surface area contributed by atoms with E-state index in [1.807, 2.05) is 0 Å². The van der Waals surface area contributed by atoms with Crippen molar-refractivity contribution in [3.63, 3.8) is 0 Å². The Hall–Kier alpha value is -1.59. The number of carbonyl (C=O) groups excluding carboxylic acids is 1. The summed E-state index contributed by atoms with van der Waals surface area (Å²) in [6.07, 6.45) is 0.832. The maximum Gasteiger partial charge on any atom is 0.338 e. The highest BCUT2D eigenvalue weighted by Gasteiger charge is 2.11. The van der Waals surface area contributed by atoms with Crippen molar-refractivity contribution in [2.75, 3.05) is 39.3 Å². The molecule has 0 aliphatic heterocycles. The van der Waals surface area contributed by atoms with Gasteiger partial charge in [0, 0.05) is 26.0 Å². The minimum absolute atomic E-state index is 0.236. The molecule has 0 aliphatic carbocycles. The lowest BCUT2D eigenvalue weighted by Gasteiger charge is -2.09. The van der Waals surface area contributed by atoms with Gasteiger partial charge in [-0.3, -0.25) is 0 Å². The van der Waals surface area contributed by atoms with E-state index < -0.39 is 0 Å². The summed E-state index contributed by atoms with van der Waals surface area (Å²) in [5, 5.41) is 0. The largest absolute Gasteiger partial charge is 0.460 e. The lowest BCUT2D eigenvalue weighted by Crippen LogP contribution is -2.13. The molecule has 1 aromatic rings. The molecule has 0 saturated heterocycles. The van der Waals surface area contributed by atoms with Gasteiger partial charge < -0.3 is 19.9 Å². The molecule has 1 rings (SSSR count). The van der Waals surface area contributed by atoms with Crippen molar-refractivity contribution in [1.82, 2.24) is 0 Å². The van der Waals surface area contributed by atoms with Gasteiger partial charge in [-0.1, -0.05) is 6.07 Å². The molecule has 0 aliphatic rings. The van der Waals surface area contributed by atoms with Crippen molar-refractivity contribution >= 4 is 11.7 Å². The van der Waals surface area contributed by atoms with E-state index in [0.717, 1.165) is 12.0 Å². The van der Waals surface area contributed by atoms with Crippen molar-refractivity contribution in [3.05, 3.63) is 29.3 Å². The summed E-state index contributed by atoms with van der Waals surface area (Å²) in [7, 11) is 1.65. The molecule has 106 valence electrons. The van der Waals surface area contributed by atoms with Crippen LogP contribution in [0.2, 0.25) is 0 Å². The Kier molecular flexibility index (Phi) is 6.92. The molecule has 2 N–H and O–H groups in total. The topological polar surface area (TPSA) is 70.8 Å². The lowest BCUT2D eigenvalue weighted by atomic mass is 10.1. The van der Waals surface area contributed by atoms with Crippen LogP contribution in [-0.2, 0) is 14.2 Å². The molecule has 0 spiro atoms. The first-order valence-electron chi connectivity index (χ1n) is 6.25. The molecular formula is C14H21NO4. The highest BCUT2D eigenvalue weighted by Crippen LogP contribution is 2.16. The first-order valence-corrected chi connectivity index (χ1v) is 6.25. The predicted octanol–water partition coefficient (Wildman–Crippen LogP) is 1.79. The molecule has 5 heteroatoms. The molecular weight excluding hydrogens is 246 g/mol. The monoisotopic (exact) mass is 267 g/mol. The number of ether oxygens (including phenoxy) is 3. The fourth-order valence-electron chi connectivity index (χ4n) is 1.55. The quantitative estimate of drug-likeness (QED) is 0.441. The summed E-state index contributed by atoms with van der Waals surface area (Å²) in [4.78, 5) is 11.8. The van der Waals surface area contributed by atoms with Gasteiger partial charge in [0.05, 0.1) is 12.2 Å². The van der Waals surface area contributed by atoms with Crippen molar-refractivity contribution < 1.29 is 19.0 Å². The average molecular weight is 267 g/mol. The SMILES string of the molecule is COCCCOCCOC(=O)c1cccc(N)c1C. The van der Waals surface area contributed by atoms with Gasteiger partial charge in [-0.15, -0.1) is 0 Å². The fourth-order valence-corrected chi connectivity index (χ4v) is 1.55. The Morgan fingerprint density at radius 2 is 2.00 bits per heavy atom. The van der Waals surface area contributed by atoms with Crippen LogP contribution in [0.15, 0.2) is 18.2 Å². The molecule has 1 aromatic carbocycles. The van der Waals surface area contributed by atoms with E-state index in [9.17, 15) is 4.79 Å². The minimum atomic E-state index is -0.370. The van der Waals surface area contributed by atoms with Crippen LogP contribution in [0.4, 0.5) is 5.69 Å². The van der Waals surface area contributed by atoms with Crippen LogP contribution in [0, 0.1) is 6.92 Å². The summed E-state index contributed by atoms with van der Waals surface area (Å²) >= 11 is 0. The standard InChI is InChI=1S/C14H21NO4/c1-11-12(5-3-6-13(11)15)14(16)19-10-9-18-8-4-7-17-2/h3,5-6H,4,7-10,15H2,1-2H3. The highest BCUT2D eigenvalue weighted by molar-refractivity contribution is 5.92. The smallest absolute Gasteiger partial charge is 0.338 e. The van der Waals surface area contributed by atoms with E-state index in [1.165, 1.54) is 0 Å². The van der Waals surface area contributed by atoms with Gasteiger partial charge in [0.1, 0.15) is 6.61 Å². The van der Waals surface area contributed by atoms with Crippen LogP contribution < -0.4 is 5.73 Å². The highest BCUT2D eigenvalue weighted by atomic mass is 16.6. The first kappa shape index (κ1) is 15.5. The van der Waals surface area contributed by atoms with E-state index >= 15 is 0 Å². The van der Waals surface area contributed by atoms with Crippen molar-refractivity contribution in [2.24, 2.45) is 0 Å². The average Bonchev–Trinajstić information content (AvgIpc) is 2.40. The predicted molar refractivity (Wildman–Crippen MR) is 73.2 cm³/mol. The third-order valence-corrected chi connectivity index (χ3v) is 2.69. The summed E-state index contributed by atoms with van der Waals surface area (Å²) in [5.41, 5.74) is 7.57. The Balaban J connectivity index is 2.26. The zero-order valence-electron chi connectivity index (χ0n) is 11.5. The van der Waals surface area contributed by atoms with Gasteiger partial charge in [-0.25, -0.2) is 4.79 Å². The van der Waals surface area contributed by atoms with Gasteiger partial charge in [0.15, 0.2) is 0 Å². The van der Waals surface area contributed by atoms with Crippen LogP contribution >= 0.6 is 0 Å².